The van der Waals surface area contributed by atoms with Crippen molar-refractivity contribution in [1.82, 2.24) is 0 Å². The Morgan fingerprint density at radius 1 is 1.22 bits per heavy atom. The zero-order valence-electron chi connectivity index (χ0n) is 11.0. The normalized spacial score (nSPS) is 20.3. The van der Waals surface area contributed by atoms with Crippen molar-refractivity contribution in [3.05, 3.63) is 29.8 Å². The van der Waals surface area contributed by atoms with E-state index in [1.807, 2.05) is 6.92 Å². The van der Waals surface area contributed by atoms with E-state index < -0.39 is 0 Å². The number of hydrogen-bond acceptors (Lipinski definition) is 2. The molecule has 0 amide bonds. The number of fused-ring (bicyclic) bond motifs is 1. The molecule has 2 heteroatoms. The van der Waals surface area contributed by atoms with Gasteiger partial charge >= 0.3 is 0 Å². The summed E-state index contributed by atoms with van der Waals surface area (Å²) < 4.78 is 5.74. The summed E-state index contributed by atoms with van der Waals surface area (Å²) >= 11 is 0. The van der Waals surface area contributed by atoms with Gasteiger partial charge in [0, 0.05) is 5.56 Å². The fourth-order valence-electron chi connectivity index (χ4n) is 3.11. The van der Waals surface area contributed by atoms with E-state index in [9.17, 15) is 0 Å². The molecule has 1 aromatic rings. The molecule has 1 heterocycles. The minimum absolute atomic E-state index is 0.179. The molecule has 2 nitrogen and oxygen atoms in total. The lowest BCUT2D eigenvalue weighted by atomic mass is 9.79. The quantitative estimate of drug-likeness (QED) is 0.839. The van der Waals surface area contributed by atoms with Gasteiger partial charge < -0.3 is 10.1 Å². The first-order valence-electron chi connectivity index (χ1n) is 7.06. The minimum Gasteiger partial charge on any atom is -0.492 e. The third kappa shape index (κ3) is 2.00. The molecule has 96 valence electrons. The summed E-state index contributed by atoms with van der Waals surface area (Å²) in [6, 6.07) is 6.27. The maximum atomic E-state index is 5.74. The molecule has 0 unspecified atom stereocenters. The smallest absolute Gasteiger partial charge is 0.143 e. The van der Waals surface area contributed by atoms with Gasteiger partial charge in [0.2, 0.25) is 0 Å². The first kappa shape index (κ1) is 11.6. The van der Waals surface area contributed by atoms with Crippen LogP contribution in [0, 0.1) is 0 Å². The molecule has 1 saturated carbocycles. The van der Waals surface area contributed by atoms with Gasteiger partial charge in [0.25, 0.3) is 0 Å². The molecule has 1 N–H and O–H groups in total. The lowest BCUT2D eigenvalue weighted by Crippen LogP contribution is -2.39. The minimum atomic E-state index is 0.179. The van der Waals surface area contributed by atoms with E-state index in [0.717, 1.165) is 12.4 Å². The van der Waals surface area contributed by atoms with Gasteiger partial charge in [-0.1, -0.05) is 43.5 Å². The summed E-state index contributed by atoms with van der Waals surface area (Å²) in [7, 11) is 0. The monoisotopic (exact) mass is 243 g/mol. The van der Waals surface area contributed by atoms with Crippen molar-refractivity contribution in [3.63, 3.8) is 0 Å². The van der Waals surface area contributed by atoms with Crippen LogP contribution in [-0.4, -0.2) is 12.1 Å². The average molecular weight is 243 g/mol. The van der Waals surface area contributed by atoms with E-state index in [0.29, 0.717) is 0 Å². The van der Waals surface area contributed by atoms with Crippen molar-refractivity contribution in [2.45, 2.75) is 44.6 Å². The van der Waals surface area contributed by atoms with Crippen molar-refractivity contribution >= 4 is 11.8 Å². The van der Waals surface area contributed by atoms with Gasteiger partial charge in [-0.15, -0.1) is 0 Å². The number of benzene rings is 1. The molecule has 1 aromatic carbocycles. The van der Waals surface area contributed by atoms with Gasteiger partial charge in [0.15, 0.2) is 0 Å². The largest absolute Gasteiger partial charge is 0.492 e. The third-order valence-electron chi connectivity index (χ3n) is 4.06. The number of ether oxygens (including phenoxy) is 1. The molecule has 18 heavy (non-hydrogen) atoms. The Kier molecular flexibility index (Phi) is 3.02. The van der Waals surface area contributed by atoms with Crippen LogP contribution in [0.5, 0.6) is 5.75 Å². The van der Waals surface area contributed by atoms with E-state index in [2.05, 4.69) is 35.7 Å². The van der Waals surface area contributed by atoms with Crippen molar-refractivity contribution in [1.29, 1.82) is 0 Å². The Morgan fingerprint density at radius 2 is 2.06 bits per heavy atom. The molecule has 1 fully saturated rings. The zero-order valence-corrected chi connectivity index (χ0v) is 11.0. The van der Waals surface area contributed by atoms with Crippen molar-refractivity contribution in [2.24, 2.45) is 0 Å². The van der Waals surface area contributed by atoms with Crippen LogP contribution in [0.25, 0.3) is 6.08 Å². The molecular formula is C16H21NO. The number of anilines is 1. The van der Waals surface area contributed by atoms with E-state index >= 15 is 0 Å². The highest BCUT2D eigenvalue weighted by Gasteiger charge is 2.32. The van der Waals surface area contributed by atoms with Gasteiger partial charge in [0.05, 0.1) is 17.8 Å². The molecule has 0 bridgehead atoms. The number of para-hydroxylation sites is 1. The topological polar surface area (TPSA) is 21.3 Å². The predicted molar refractivity (Wildman–Crippen MR) is 76.1 cm³/mol. The molecule has 0 radical (unpaired) electrons. The summed E-state index contributed by atoms with van der Waals surface area (Å²) in [6.45, 7) is 2.75. The number of rotatable bonds is 2. The third-order valence-corrected chi connectivity index (χ3v) is 4.06. The highest BCUT2D eigenvalue weighted by Crippen LogP contribution is 2.41. The second-order valence-electron chi connectivity index (χ2n) is 5.33. The Bertz CT molecular complexity index is 458. The molecule has 1 aliphatic heterocycles. The van der Waals surface area contributed by atoms with Gasteiger partial charge in [-0.05, 0) is 25.8 Å². The standard InChI is InChI=1S/C16H21NO/c1-2-18-14-8-6-7-13-9-12-16(17-15(13)14)10-4-3-5-11-16/h6-9,12,17H,2-5,10-11H2,1H3. The second kappa shape index (κ2) is 4.68. The average Bonchev–Trinajstić information content (AvgIpc) is 2.41. The highest BCUT2D eigenvalue weighted by atomic mass is 16.5. The SMILES string of the molecule is CCOc1cccc2c1NC1(C=C2)CCCCC1. The molecule has 2 aliphatic rings. The van der Waals surface area contributed by atoms with Gasteiger partial charge in [0.1, 0.15) is 5.75 Å². The van der Waals surface area contributed by atoms with Crippen LogP contribution in [0.2, 0.25) is 0 Å². The summed E-state index contributed by atoms with van der Waals surface area (Å²) in [4.78, 5) is 0. The zero-order chi connectivity index (χ0) is 12.4. The summed E-state index contributed by atoms with van der Waals surface area (Å²) in [5, 5.41) is 3.75. The first-order valence-corrected chi connectivity index (χ1v) is 7.06. The Balaban J connectivity index is 1.94. The predicted octanol–water partition coefficient (Wildman–Crippen LogP) is 4.23. The van der Waals surface area contributed by atoms with Crippen LogP contribution in [-0.2, 0) is 0 Å². The molecule has 1 spiro atoms. The molecule has 3 rings (SSSR count). The van der Waals surface area contributed by atoms with E-state index in [-0.39, 0.29) is 5.54 Å². The van der Waals surface area contributed by atoms with E-state index in [1.165, 1.54) is 43.4 Å². The Labute approximate surface area is 109 Å². The van der Waals surface area contributed by atoms with Crippen LogP contribution in [0.3, 0.4) is 0 Å². The van der Waals surface area contributed by atoms with Crippen LogP contribution in [0.15, 0.2) is 24.3 Å². The fraction of sp³-hybridized carbons (Fsp3) is 0.500. The molecule has 0 aromatic heterocycles. The van der Waals surface area contributed by atoms with Crippen LogP contribution in [0.1, 0.15) is 44.6 Å². The highest BCUT2D eigenvalue weighted by molar-refractivity contribution is 5.77. The number of nitrogens with one attached hydrogen (secondary N) is 1. The van der Waals surface area contributed by atoms with Gasteiger partial charge in [-0.25, -0.2) is 0 Å². The fourth-order valence-corrected chi connectivity index (χ4v) is 3.11. The van der Waals surface area contributed by atoms with Crippen molar-refractivity contribution < 1.29 is 4.74 Å². The molecular weight excluding hydrogens is 222 g/mol. The Hall–Kier alpha value is -1.44. The summed E-state index contributed by atoms with van der Waals surface area (Å²) in [5.41, 5.74) is 2.61. The maximum Gasteiger partial charge on any atom is 0.143 e. The first-order chi connectivity index (χ1) is 8.83. The Morgan fingerprint density at radius 3 is 2.83 bits per heavy atom. The van der Waals surface area contributed by atoms with Gasteiger partial charge in [-0.2, -0.15) is 0 Å². The van der Waals surface area contributed by atoms with Crippen molar-refractivity contribution in [2.75, 3.05) is 11.9 Å². The van der Waals surface area contributed by atoms with Crippen LogP contribution in [0.4, 0.5) is 5.69 Å². The summed E-state index contributed by atoms with van der Waals surface area (Å²) in [5.74, 6) is 0.990. The van der Waals surface area contributed by atoms with Crippen LogP contribution >= 0.6 is 0 Å². The molecule has 0 saturated heterocycles. The summed E-state index contributed by atoms with van der Waals surface area (Å²) in [6.07, 6.45) is 11.1. The van der Waals surface area contributed by atoms with Crippen LogP contribution < -0.4 is 10.1 Å². The lowest BCUT2D eigenvalue weighted by Gasteiger charge is -2.39. The van der Waals surface area contributed by atoms with Gasteiger partial charge in [-0.3, -0.25) is 0 Å². The van der Waals surface area contributed by atoms with E-state index in [1.54, 1.807) is 0 Å². The lowest BCUT2D eigenvalue weighted by molar-refractivity contribution is 0.337. The molecule has 1 aliphatic carbocycles. The second-order valence-corrected chi connectivity index (χ2v) is 5.33. The number of hydrogen-bond donors (Lipinski definition) is 1. The molecule has 0 atom stereocenters. The maximum absolute atomic E-state index is 5.74. The van der Waals surface area contributed by atoms with E-state index in [4.69, 9.17) is 4.74 Å². The van der Waals surface area contributed by atoms with Crippen molar-refractivity contribution in [3.8, 4) is 5.75 Å².